The zero-order valence-electron chi connectivity index (χ0n) is 13.4. The molecule has 5 heteroatoms. The van der Waals surface area contributed by atoms with E-state index in [-0.39, 0.29) is 0 Å². The summed E-state index contributed by atoms with van der Waals surface area (Å²) in [5, 5.41) is 0.895. The van der Waals surface area contributed by atoms with Gasteiger partial charge in [0.2, 0.25) is 10.0 Å². The molecule has 122 valence electrons. The maximum absolute atomic E-state index is 12.1. The fraction of sp³-hybridized carbons (Fsp3) is 0.412. The second-order valence-electron chi connectivity index (χ2n) is 5.44. The van der Waals surface area contributed by atoms with Gasteiger partial charge in [-0.3, -0.25) is 0 Å². The smallest absolute Gasteiger partial charge is 0.207 e. The van der Waals surface area contributed by atoms with Crippen LogP contribution in [0.5, 0.6) is 0 Å². The second-order valence-corrected chi connectivity index (χ2v) is 7.77. The van der Waals surface area contributed by atoms with Crippen LogP contribution >= 0.6 is 15.9 Å². The standard InChI is InChI=1S/C17H24BrNO2S/c1-14(5-4-6-16(3)13-18)11-12-19-22(20,21)17-9-7-15(2)8-10-17/h6-11,19H,4-5,12-13H2,1-3H3/b14-11+,16-6+. The van der Waals surface area contributed by atoms with E-state index in [1.165, 1.54) is 11.1 Å². The summed E-state index contributed by atoms with van der Waals surface area (Å²) in [4.78, 5) is 0.306. The minimum atomic E-state index is -3.42. The summed E-state index contributed by atoms with van der Waals surface area (Å²) in [7, 11) is -3.42. The number of aryl methyl sites for hydroxylation is 1. The summed E-state index contributed by atoms with van der Waals surface area (Å²) in [6.07, 6.45) is 6.05. The topological polar surface area (TPSA) is 46.2 Å². The number of hydrogen-bond acceptors (Lipinski definition) is 2. The van der Waals surface area contributed by atoms with E-state index in [0.29, 0.717) is 11.4 Å². The van der Waals surface area contributed by atoms with Gasteiger partial charge in [0, 0.05) is 11.9 Å². The molecule has 1 rings (SSSR count). The molecule has 0 aromatic heterocycles. The molecule has 0 radical (unpaired) electrons. The molecule has 0 saturated heterocycles. The quantitative estimate of drug-likeness (QED) is 0.534. The molecule has 0 saturated carbocycles. The van der Waals surface area contributed by atoms with Crippen LogP contribution in [0, 0.1) is 6.92 Å². The highest BCUT2D eigenvalue weighted by atomic mass is 79.9. The molecule has 0 aliphatic rings. The van der Waals surface area contributed by atoms with Crippen LogP contribution in [0.1, 0.15) is 32.3 Å². The molecule has 0 heterocycles. The third-order valence-electron chi connectivity index (χ3n) is 3.30. The summed E-state index contributed by atoms with van der Waals surface area (Å²) < 4.78 is 26.8. The zero-order valence-corrected chi connectivity index (χ0v) is 15.8. The van der Waals surface area contributed by atoms with Gasteiger partial charge in [0.15, 0.2) is 0 Å². The highest BCUT2D eigenvalue weighted by Gasteiger charge is 2.11. The van der Waals surface area contributed by atoms with Crippen LogP contribution in [0.3, 0.4) is 0 Å². The fourth-order valence-electron chi connectivity index (χ4n) is 1.83. The van der Waals surface area contributed by atoms with Crippen molar-refractivity contribution in [1.82, 2.24) is 4.72 Å². The molecule has 1 N–H and O–H groups in total. The summed E-state index contributed by atoms with van der Waals surface area (Å²) >= 11 is 3.41. The van der Waals surface area contributed by atoms with Crippen LogP contribution in [-0.4, -0.2) is 20.3 Å². The van der Waals surface area contributed by atoms with E-state index >= 15 is 0 Å². The van der Waals surface area contributed by atoms with Gasteiger partial charge in [0.05, 0.1) is 4.90 Å². The summed E-state index contributed by atoms with van der Waals surface area (Å²) in [5.41, 5.74) is 3.54. The lowest BCUT2D eigenvalue weighted by Crippen LogP contribution is -2.23. The molecule has 0 aliphatic heterocycles. The Hall–Kier alpha value is -0.910. The highest BCUT2D eigenvalue weighted by Crippen LogP contribution is 2.10. The van der Waals surface area contributed by atoms with Crippen LogP contribution in [0.2, 0.25) is 0 Å². The van der Waals surface area contributed by atoms with Crippen LogP contribution in [0.4, 0.5) is 0 Å². The van der Waals surface area contributed by atoms with Crippen LogP contribution in [-0.2, 0) is 10.0 Å². The Morgan fingerprint density at radius 2 is 1.77 bits per heavy atom. The number of allylic oxidation sites excluding steroid dienone is 3. The molecule has 0 aliphatic carbocycles. The Balaban J connectivity index is 2.51. The van der Waals surface area contributed by atoms with Gasteiger partial charge < -0.3 is 0 Å². The molecule has 1 aromatic rings. The van der Waals surface area contributed by atoms with Crippen LogP contribution < -0.4 is 4.72 Å². The van der Waals surface area contributed by atoms with Gasteiger partial charge >= 0.3 is 0 Å². The number of hydrogen-bond donors (Lipinski definition) is 1. The van der Waals surface area contributed by atoms with Gasteiger partial charge in [-0.05, 0) is 45.7 Å². The number of sulfonamides is 1. The van der Waals surface area contributed by atoms with Crippen molar-refractivity contribution >= 4 is 26.0 Å². The van der Waals surface area contributed by atoms with Crippen molar-refractivity contribution in [3.63, 3.8) is 0 Å². The average Bonchev–Trinajstić information content (AvgIpc) is 2.47. The molecule has 0 fully saturated rings. The third-order valence-corrected chi connectivity index (χ3v) is 5.62. The largest absolute Gasteiger partial charge is 0.240 e. The van der Waals surface area contributed by atoms with Gasteiger partial charge in [-0.1, -0.05) is 56.9 Å². The van der Waals surface area contributed by atoms with Crippen molar-refractivity contribution in [2.75, 3.05) is 11.9 Å². The normalized spacial score (nSPS) is 13.5. The number of alkyl halides is 1. The SMILES string of the molecule is C/C(=C\CC/C(C)=C/CNS(=O)(=O)c1ccc(C)cc1)CBr. The van der Waals surface area contributed by atoms with Crippen molar-refractivity contribution in [1.29, 1.82) is 0 Å². The molecule has 0 unspecified atom stereocenters. The first-order valence-corrected chi connectivity index (χ1v) is 9.89. The number of nitrogens with one attached hydrogen (secondary N) is 1. The van der Waals surface area contributed by atoms with E-state index in [9.17, 15) is 8.42 Å². The van der Waals surface area contributed by atoms with E-state index in [2.05, 4.69) is 33.7 Å². The first-order chi connectivity index (χ1) is 10.3. The Morgan fingerprint density at radius 3 is 2.36 bits per heavy atom. The molecule has 1 aromatic carbocycles. The Morgan fingerprint density at radius 1 is 1.14 bits per heavy atom. The Labute approximate surface area is 142 Å². The number of rotatable bonds is 8. The maximum Gasteiger partial charge on any atom is 0.240 e. The molecule has 22 heavy (non-hydrogen) atoms. The van der Waals surface area contributed by atoms with E-state index in [0.717, 1.165) is 23.7 Å². The molecule has 3 nitrogen and oxygen atoms in total. The van der Waals surface area contributed by atoms with E-state index in [1.807, 2.05) is 19.9 Å². The second kappa shape index (κ2) is 9.28. The highest BCUT2D eigenvalue weighted by molar-refractivity contribution is 9.09. The minimum absolute atomic E-state index is 0.306. The lowest BCUT2D eigenvalue weighted by Gasteiger charge is -2.06. The molecular weight excluding hydrogens is 362 g/mol. The van der Waals surface area contributed by atoms with Gasteiger partial charge in [-0.15, -0.1) is 0 Å². The van der Waals surface area contributed by atoms with Gasteiger partial charge in [-0.25, -0.2) is 13.1 Å². The third kappa shape index (κ3) is 6.90. The molecule has 0 atom stereocenters. The number of benzene rings is 1. The van der Waals surface area contributed by atoms with Crippen molar-refractivity contribution in [2.24, 2.45) is 0 Å². The van der Waals surface area contributed by atoms with E-state index < -0.39 is 10.0 Å². The monoisotopic (exact) mass is 385 g/mol. The van der Waals surface area contributed by atoms with Gasteiger partial charge in [-0.2, -0.15) is 0 Å². The lowest BCUT2D eigenvalue weighted by molar-refractivity contribution is 0.585. The summed E-state index contributed by atoms with van der Waals surface area (Å²) in [6, 6.07) is 6.85. The fourth-order valence-corrected chi connectivity index (χ4v) is 3.02. The molecule has 0 bridgehead atoms. The van der Waals surface area contributed by atoms with E-state index in [1.54, 1.807) is 24.3 Å². The van der Waals surface area contributed by atoms with Gasteiger partial charge in [0.25, 0.3) is 0 Å². The van der Waals surface area contributed by atoms with Gasteiger partial charge in [0.1, 0.15) is 0 Å². The first-order valence-electron chi connectivity index (χ1n) is 7.28. The van der Waals surface area contributed by atoms with Crippen molar-refractivity contribution in [3.8, 4) is 0 Å². The minimum Gasteiger partial charge on any atom is -0.207 e. The predicted molar refractivity (Wildman–Crippen MR) is 96.9 cm³/mol. The lowest BCUT2D eigenvalue weighted by atomic mass is 10.1. The average molecular weight is 386 g/mol. The Kier molecular flexibility index (Phi) is 8.07. The Bertz CT molecular complexity index is 631. The predicted octanol–water partition coefficient (Wildman–Crippen LogP) is 4.34. The molecule has 0 amide bonds. The van der Waals surface area contributed by atoms with E-state index in [4.69, 9.17) is 0 Å². The van der Waals surface area contributed by atoms with Crippen molar-refractivity contribution in [3.05, 3.63) is 53.1 Å². The summed E-state index contributed by atoms with van der Waals surface area (Å²) in [5.74, 6) is 0. The zero-order chi connectivity index (χ0) is 16.6. The summed E-state index contributed by atoms with van der Waals surface area (Å²) in [6.45, 7) is 6.37. The van der Waals surface area contributed by atoms with Crippen molar-refractivity contribution < 1.29 is 8.42 Å². The molecular formula is C17H24BrNO2S. The van der Waals surface area contributed by atoms with Crippen molar-refractivity contribution in [2.45, 2.75) is 38.5 Å². The number of halogens is 1. The first kappa shape index (κ1) is 19.1. The maximum atomic E-state index is 12.1. The molecule has 0 spiro atoms. The van der Waals surface area contributed by atoms with Crippen LogP contribution in [0.15, 0.2) is 52.5 Å². The van der Waals surface area contributed by atoms with Crippen LogP contribution in [0.25, 0.3) is 0 Å².